The predicted molar refractivity (Wildman–Crippen MR) is 75.7 cm³/mol. The Bertz CT molecular complexity index is 507. The van der Waals surface area contributed by atoms with Crippen LogP contribution in [0.25, 0.3) is 10.6 Å². The smallest absolute Gasteiger partial charge is 0.122 e. The van der Waals surface area contributed by atoms with Gasteiger partial charge in [-0.05, 0) is 30.5 Å². The summed E-state index contributed by atoms with van der Waals surface area (Å²) in [5, 5.41) is 8.34. The van der Waals surface area contributed by atoms with Gasteiger partial charge in [0.25, 0.3) is 0 Å². The topological polar surface area (TPSA) is 56.7 Å². The molecule has 2 N–H and O–H groups in total. The molecule has 2 aromatic rings. The highest BCUT2D eigenvalue weighted by Gasteiger charge is 2.17. The Labute approximate surface area is 112 Å². The number of aryl methyl sites for hydroxylation is 1. The molecule has 0 saturated heterocycles. The minimum atomic E-state index is 0.193. The lowest BCUT2D eigenvalue weighted by atomic mass is 9.95. The molecule has 18 heavy (non-hydrogen) atoms. The van der Waals surface area contributed by atoms with E-state index in [0.29, 0.717) is 6.54 Å². The van der Waals surface area contributed by atoms with Gasteiger partial charge in [0.05, 0.1) is 11.1 Å². The maximum absolute atomic E-state index is 5.49. The second-order valence-corrected chi connectivity index (χ2v) is 6.51. The SMILES string of the molecule is CC(C)(C)c1ccc(-c2cn(CCCN)nn2)s1. The van der Waals surface area contributed by atoms with Gasteiger partial charge in [-0.1, -0.05) is 26.0 Å². The molecule has 5 heteroatoms. The number of thiophene rings is 1. The summed E-state index contributed by atoms with van der Waals surface area (Å²) in [6.45, 7) is 8.19. The summed E-state index contributed by atoms with van der Waals surface area (Å²) in [6, 6.07) is 4.31. The molecule has 0 aromatic carbocycles. The molecule has 0 unspecified atom stereocenters. The van der Waals surface area contributed by atoms with E-state index < -0.39 is 0 Å². The van der Waals surface area contributed by atoms with E-state index in [-0.39, 0.29) is 5.41 Å². The highest BCUT2D eigenvalue weighted by molar-refractivity contribution is 7.15. The molecule has 0 fully saturated rings. The highest BCUT2D eigenvalue weighted by Crippen LogP contribution is 2.33. The molecule has 0 atom stereocenters. The third kappa shape index (κ3) is 2.97. The van der Waals surface area contributed by atoms with Crippen molar-refractivity contribution in [3.05, 3.63) is 23.2 Å². The van der Waals surface area contributed by atoms with Crippen LogP contribution in [0, 0.1) is 0 Å². The third-order valence-corrected chi connectivity index (χ3v) is 4.26. The van der Waals surface area contributed by atoms with Crippen molar-refractivity contribution >= 4 is 11.3 Å². The summed E-state index contributed by atoms with van der Waals surface area (Å²) in [7, 11) is 0. The molecular formula is C13H20N4S. The van der Waals surface area contributed by atoms with Crippen LogP contribution < -0.4 is 5.73 Å². The lowest BCUT2D eigenvalue weighted by Crippen LogP contribution is -2.07. The van der Waals surface area contributed by atoms with Crippen LogP contribution in [0.15, 0.2) is 18.3 Å². The average molecular weight is 264 g/mol. The van der Waals surface area contributed by atoms with Gasteiger partial charge in [-0.25, -0.2) is 0 Å². The zero-order chi connectivity index (χ0) is 13.2. The summed E-state index contributed by atoms with van der Waals surface area (Å²) < 4.78 is 1.86. The molecule has 2 aromatic heterocycles. The van der Waals surface area contributed by atoms with Crippen LogP contribution in [0.3, 0.4) is 0 Å². The van der Waals surface area contributed by atoms with Gasteiger partial charge >= 0.3 is 0 Å². The summed E-state index contributed by atoms with van der Waals surface area (Å²) >= 11 is 1.79. The van der Waals surface area contributed by atoms with Crippen molar-refractivity contribution in [1.29, 1.82) is 0 Å². The number of nitrogens with zero attached hydrogens (tertiary/aromatic N) is 3. The summed E-state index contributed by atoms with van der Waals surface area (Å²) in [6.07, 6.45) is 2.93. The minimum absolute atomic E-state index is 0.193. The molecule has 98 valence electrons. The maximum atomic E-state index is 5.49. The van der Waals surface area contributed by atoms with E-state index in [9.17, 15) is 0 Å². The van der Waals surface area contributed by atoms with E-state index in [1.807, 2.05) is 10.9 Å². The number of hydrogen-bond donors (Lipinski definition) is 1. The highest BCUT2D eigenvalue weighted by atomic mass is 32.1. The van der Waals surface area contributed by atoms with Crippen molar-refractivity contribution in [2.75, 3.05) is 6.54 Å². The normalized spacial score (nSPS) is 12.0. The molecule has 0 radical (unpaired) electrons. The van der Waals surface area contributed by atoms with Crippen LogP contribution in [0.2, 0.25) is 0 Å². The van der Waals surface area contributed by atoms with Gasteiger partial charge in [-0.15, -0.1) is 16.4 Å². The van der Waals surface area contributed by atoms with Gasteiger partial charge in [0.2, 0.25) is 0 Å². The Morgan fingerprint density at radius 3 is 2.72 bits per heavy atom. The van der Waals surface area contributed by atoms with Gasteiger partial charge < -0.3 is 5.73 Å². The van der Waals surface area contributed by atoms with Crippen molar-refractivity contribution in [2.45, 2.75) is 39.2 Å². The van der Waals surface area contributed by atoms with Crippen LogP contribution in [0.4, 0.5) is 0 Å². The zero-order valence-electron chi connectivity index (χ0n) is 11.2. The van der Waals surface area contributed by atoms with Crippen LogP contribution in [-0.2, 0) is 12.0 Å². The average Bonchev–Trinajstić information content (AvgIpc) is 2.93. The van der Waals surface area contributed by atoms with Gasteiger partial charge in [0.1, 0.15) is 5.69 Å². The van der Waals surface area contributed by atoms with E-state index >= 15 is 0 Å². The summed E-state index contributed by atoms with van der Waals surface area (Å²) in [5.74, 6) is 0. The number of aromatic nitrogens is 3. The largest absolute Gasteiger partial charge is 0.330 e. The van der Waals surface area contributed by atoms with Crippen LogP contribution in [0.5, 0.6) is 0 Å². The molecule has 0 aliphatic rings. The van der Waals surface area contributed by atoms with Gasteiger partial charge in [0.15, 0.2) is 0 Å². The second kappa shape index (κ2) is 5.20. The van der Waals surface area contributed by atoms with Gasteiger partial charge in [-0.3, -0.25) is 4.68 Å². The summed E-state index contributed by atoms with van der Waals surface area (Å²) in [4.78, 5) is 2.55. The molecule has 2 heterocycles. The third-order valence-electron chi connectivity index (χ3n) is 2.73. The number of nitrogens with two attached hydrogens (primary N) is 1. The first kappa shape index (κ1) is 13.2. The Kier molecular flexibility index (Phi) is 3.82. The molecule has 2 rings (SSSR count). The number of hydrogen-bond acceptors (Lipinski definition) is 4. The van der Waals surface area contributed by atoms with Crippen molar-refractivity contribution in [2.24, 2.45) is 5.73 Å². The van der Waals surface area contributed by atoms with Crippen molar-refractivity contribution < 1.29 is 0 Å². The van der Waals surface area contributed by atoms with Crippen LogP contribution in [0.1, 0.15) is 32.1 Å². The zero-order valence-corrected chi connectivity index (χ0v) is 12.0. The van der Waals surface area contributed by atoms with Crippen molar-refractivity contribution in [3.63, 3.8) is 0 Å². The maximum Gasteiger partial charge on any atom is 0.122 e. The lowest BCUT2D eigenvalue weighted by molar-refractivity contribution is 0.564. The van der Waals surface area contributed by atoms with Gasteiger partial charge in [-0.2, -0.15) is 0 Å². The molecule has 0 amide bonds. The van der Waals surface area contributed by atoms with Crippen molar-refractivity contribution in [1.82, 2.24) is 15.0 Å². The molecule has 0 spiro atoms. The lowest BCUT2D eigenvalue weighted by Gasteiger charge is -2.15. The predicted octanol–water partition coefficient (Wildman–Crippen LogP) is 2.65. The first-order chi connectivity index (χ1) is 8.50. The second-order valence-electron chi connectivity index (χ2n) is 5.42. The molecule has 0 bridgehead atoms. The van der Waals surface area contributed by atoms with E-state index in [4.69, 9.17) is 5.73 Å². The Morgan fingerprint density at radius 2 is 2.11 bits per heavy atom. The van der Waals surface area contributed by atoms with Crippen LogP contribution >= 0.6 is 11.3 Å². The quantitative estimate of drug-likeness (QED) is 0.923. The first-order valence-electron chi connectivity index (χ1n) is 6.21. The van der Waals surface area contributed by atoms with Crippen LogP contribution in [-0.4, -0.2) is 21.5 Å². The van der Waals surface area contributed by atoms with Crippen molar-refractivity contribution in [3.8, 4) is 10.6 Å². The Hall–Kier alpha value is -1.20. The Morgan fingerprint density at radius 1 is 1.33 bits per heavy atom. The van der Waals surface area contributed by atoms with E-state index in [1.165, 1.54) is 9.75 Å². The van der Waals surface area contributed by atoms with E-state index in [2.05, 4.69) is 43.2 Å². The van der Waals surface area contributed by atoms with Gasteiger partial charge in [0, 0.05) is 11.4 Å². The summed E-state index contributed by atoms with van der Waals surface area (Å²) in [5.41, 5.74) is 6.63. The number of rotatable bonds is 4. The fourth-order valence-electron chi connectivity index (χ4n) is 1.65. The molecule has 0 aliphatic carbocycles. The first-order valence-corrected chi connectivity index (χ1v) is 7.03. The fourth-order valence-corrected chi connectivity index (χ4v) is 2.67. The van der Waals surface area contributed by atoms with E-state index in [1.54, 1.807) is 11.3 Å². The monoisotopic (exact) mass is 264 g/mol. The molecule has 0 saturated carbocycles. The minimum Gasteiger partial charge on any atom is -0.330 e. The molecule has 0 aliphatic heterocycles. The standard InChI is InChI=1S/C13H20N4S/c1-13(2,3)12-6-5-11(18-12)10-9-17(16-15-10)8-4-7-14/h5-6,9H,4,7-8,14H2,1-3H3. The van der Waals surface area contributed by atoms with E-state index in [0.717, 1.165) is 18.7 Å². The Balaban J connectivity index is 2.16. The molecule has 4 nitrogen and oxygen atoms in total. The molecular weight excluding hydrogens is 244 g/mol. The fraction of sp³-hybridized carbons (Fsp3) is 0.538.